The van der Waals surface area contributed by atoms with E-state index in [1.165, 1.54) is 0 Å². The quantitative estimate of drug-likeness (QED) is 0.589. The molecule has 0 spiro atoms. The van der Waals surface area contributed by atoms with Crippen LogP contribution in [0.4, 0.5) is 8.78 Å². The molecule has 2 N–H and O–H groups in total. The molecular formula is C2H5F2NO7S3. The van der Waals surface area contributed by atoms with Crippen molar-refractivity contribution in [3.8, 4) is 0 Å². The van der Waals surface area contributed by atoms with E-state index in [2.05, 4.69) is 0 Å². The summed E-state index contributed by atoms with van der Waals surface area (Å²) in [7, 11) is -17.0. The van der Waals surface area contributed by atoms with Crippen molar-refractivity contribution >= 4 is 30.2 Å². The van der Waals surface area contributed by atoms with E-state index in [4.69, 9.17) is 4.55 Å². The number of alkyl halides is 2. The summed E-state index contributed by atoms with van der Waals surface area (Å²) >= 11 is 0. The average Bonchev–Trinajstić information content (AvgIpc) is 1.77. The van der Waals surface area contributed by atoms with E-state index in [0.717, 1.165) is 0 Å². The van der Waals surface area contributed by atoms with Crippen molar-refractivity contribution in [1.82, 2.24) is 4.13 Å². The highest BCUT2D eigenvalue weighted by molar-refractivity contribution is 8.12. The molecule has 0 fully saturated rings. The Morgan fingerprint density at radius 2 is 1.40 bits per heavy atom. The Balaban J connectivity index is 5.64. The first-order valence-corrected chi connectivity index (χ1v) is 7.60. The van der Waals surface area contributed by atoms with Gasteiger partial charge in [0.2, 0.25) is 10.0 Å². The normalized spacial score (nSPS) is 15.2. The van der Waals surface area contributed by atoms with Gasteiger partial charge in [-0.3, -0.25) is 4.55 Å². The van der Waals surface area contributed by atoms with E-state index in [-0.39, 0.29) is 6.26 Å². The van der Waals surface area contributed by atoms with Gasteiger partial charge in [-0.2, -0.15) is 17.2 Å². The summed E-state index contributed by atoms with van der Waals surface area (Å²) < 4.78 is 89.3. The average molecular weight is 289 g/mol. The number of hydrogen-bond donors (Lipinski definition) is 2. The summed E-state index contributed by atoms with van der Waals surface area (Å²) in [6.07, 6.45) is 0.213. The van der Waals surface area contributed by atoms with Crippen molar-refractivity contribution in [2.24, 2.45) is 0 Å². The molecule has 92 valence electrons. The van der Waals surface area contributed by atoms with Crippen molar-refractivity contribution in [3.05, 3.63) is 0 Å². The molecule has 8 nitrogen and oxygen atoms in total. The summed E-state index contributed by atoms with van der Waals surface area (Å²) in [5, 5.41) is 0. The first kappa shape index (κ1) is 14.6. The van der Waals surface area contributed by atoms with Crippen LogP contribution < -0.4 is 4.13 Å². The van der Waals surface area contributed by atoms with Gasteiger partial charge >= 0.3 is 24.7 Å². The standard InChI is InChI=1S/C2H5F2NO7S3/c1-13(6,7)5-14(8,9)2(3,4)15(10,11)12/h5H,1H3,(H,10,11,12). The third-order valence-corrected chi connectivity index (χ3v) is 5.48. The van der Waals surface area contributed by atoms with Crippen LogP contribution in [0.3, 0.4) is 0 Å². The second-order valence-corrected chi connectivity index (χ2v) is 7.75. The van der Waals surface area contributed by atoms with Crippen molar-refractivity contribution in [1.29, 1.82) is 0 Å². The van der Waals surface area contributed by atoms with Crippen LogP contribution in [0.2, 0.25) is 0 Å². The Morgan fingerprint density at radius 3 is 1.60 bits per heavy atom. The van der Waals surface area contributed by atoms with Crippen LogP contribution in [-0.4, -0.2) is 40.6 Å². The number of hydrogen-bond acceptors (Lipinski definition) is 6. The van der Waals surface area contributed by atoms with Crippen LogP contribution in [0.15, 0.2) is 0 Å². The Bertz CT molecular complexity index is 541. The molecule has 15 heavy (non-hydrogen) atoms. The fraction of sp³-hybridized carbons (Fsp3) is 1.00. The Hall–Kier alpha value is -0.370. The fourth-order valence-electron chi connectivity index (χ4n) is 0.386. The van der Waals surface area contributed by atoms with E-state index in [1.807, 2.05) is 0 Å². The van der Waals surface area contributed by atoms with E-state index in [0.29, 0.717) is 4.13 Å². The predicted octanol–water partition coefficient (Wildman–Crippen LogP) is -1.70. The van der Waals surface area contributed by atoms with Gasteiger partial charge in [0, 0.05) is 0 Å². The molecule has 0 saturated carbocycles. The number of rotatable bonds is 4. The highest BCUT2D eigenvalue weighted by atomic mass is 32.3. The zero-order chi connectivity index (χ0) is 12.7. The Morgan fingerprint density at radius 1 is 1.07 bits per heavy atom. The topological polar surface area (TPSA) is 135 Å². The molecule has 0 aromatic carbocycles. The summed E-state index contributed by atoms with van der Waals surface area (Å²) in [5.74, 6) is 0. The van der Waals surface area contributed by atoms with Gasteiger partial charge in [0.1, 0.15) is 0 Å². The third-order valence-electron chi connectivity index (χ3n) is 0.874. The third kappa shape index (κ3) is 3.30. The molecule has 0 aliphatic heterocycles. The zero-order valence-electron chi connectivity index (χ0n) is 6.88. The van der Waals surface area contributed by atoms with Gasteiger partial charge in [0.15, 0.2) is 0 Å². The summed E-state index contributed by atoms with van der Waals surface area (Å²) in [6.45, 7) is 0. The molecule has 0 aromatic heterocycles. The van der Waals surface area contributed by atoms with E-state index in [1.54, 1.807) is 0 Å². The molecule has 0 rings (SSSR count). The van der Waals surface area contributed by atoms with Gasteiger partial charge in [-0.15, -0.1) is 4.13 Å². The second kappa shape index (κ2) is 3.58. The molecule has 0 bridgehead atoms. The van der Waals surface area contributed by atoms with Gasteiger partial charge < -0.3 is 0 Å². The largest absolute Gasteiger partial charge is 0.485 e. The van der Waals surface area contributed by atoms with Crippen LogP contribution in [-0.2, 0) is 30.2 Å². The van der Waals surface area contributed by atoms with Gasteiger partial charge in [-0.05, 0) is 0 Å². The van der Waals surface area contributed by atoms with Crippen molar-refractivity contribution < 1.29 is 38.6 Å². The lowest BCUT2D eigenvalue weighted by Crippen LogP contribution is -2.46. The zero-order valence-corrected chi connectivity index (χ0v) is 9.33. The molecule has 0 aliphatic rings. The predicted molar refractivity (Wildman–Crippen MR) is 43.4 cm³/mol. The number of nitrogens with one attached hydrogen (secondary N) is 1. The van der Waals surface area contributed by atoms with Crippen LogP contribution in [0.25, 0.3) is 0 Å². The summed E-state index contributed by atoms with van der Waals surface area (Å²) in [4.78, 5) is 0. The highest BCUT2D eigenvalue weighted by Crippen LogP contribution is 2.26. The van der Waals surface area contributed by atoms with Crippen molar-refractivity contribution in [2.45, 2.75) is 4.59 Å². The minimum absolute atomic E-state index is 0.213. The minimum atomic E-state index is -6.28. The second-order valence-electron chi connectivity index (χ2n) is 2.30. The van der Waals surface area contributed by atoms with E-state index >= 15 is 0 Å². The molecule has 0 heterocycles. The Kier molecular flexibility index (Phi) is 3.50. The SMILES string of the molecule is CS(=O)(=O)NS(=O)(=O)C(F)(F)S(=O)(=O)O. The molecule has 0 atom stereocenters. The van der Waals surface area contributed by atoms with Gasteiger partial charge in [0.25, 0.3) is 0 Å². The lowest BCUT2D eigenvalue weighted by molar-refractivity contribution is 0.165. The molecule has 13 heteroatoms. The first-order valence-electron chi connectivity index (χ1n) is 2.79. The first-order chi connectivity index (χ1) is 6.21. The van der Waals surface area contributed by atoms with Gasteiger partial charge in [-0.25, -0.2) is 16.8 Å². The van der Waals surface area contributed by atoms with E-state index in [9.17, 15) is 34.0 Å². The molecule has 0 radical (unpaired) electrons. The number of sulfonamides is 2. The molecule has 0 amide bonds. The van der Waals surface area contributed by atoms with Crippen LogP contribution in [0, 0.1) is 0 Å². The molecule has 0 saturated heterocycles. The Labute approximate surface area is 84.1 Å². The lowest BCUT2D eigenvalue weighted by atomic mass is 11.6. The van der Waals surface area contributed by atoms with E-state index < -0.39 is 34.8 Å². The van der Waals surface area contributed by atoms with Crippen LogP contribution >= 0.6 is 0 Å². The molecule has 0 aliphatic carbocycles. The maximum Gasteiger partial charge on any atom is 0.485 e. The van der Waals surface area contributed by atoms with Gasteiger partial charge in [0.05, 0.1) is 6.26 Å². The summed E-state index contributed by atoms with van der Waals surface area (Å²) in [6, 6.07) is 0. The summed E-state index contributed by atoms with van der Waals surface area (Å²) in [5.41, 5.74) is 0. The number of halogens is 2. The molecule has 0 unspecified atom stereocenters. The maximum absolute atomic E-state index is 12.5. The molecule has 0 aromatic rings. The maximum atomic E-state index is 12.5. The minimum Gasteiger partial charge on any atom is -0.280 e. The van der Waals surface area contributed by atoms with Crippen LogP contribution in [0.5, 0.6) is 0 Å². The van der Waals surface area contributed by atoms with Crippen LogP contribution in [0.1, 0.15) is 0 Å². The van der Waals surface area contributed by atoms with Crippen molar-refractivity contribution in [2.75, 3.05) is 6.26 Å². The monoisotopic (exact) mass is 289 g/mol. The van der Waals surface area contributed by atoms with Gasteiger partial charge in [-0.1, -0.05) is 0 Å². The highest BCUT2D eigenvalue weighted by Gasteiger charge is 2.58. The fourth-order valence-corrected chi connectivity index (χ4v) is 3.78. The van der Waals surface area contributed by atoms with Crippen molar-refractivity contribution in [3.63, 3.8) is 0 Å². The smallest absolute Gasteiger partial charge is 0.280 e. The molecular weight excluding hydrogens is 284 g/mol. The lowest BCUT2D eigenvalue weighted by Gasteiger charge is -2.12.